The van der Waals surface area contributed by atoms with Crippen LogP contribution in [0.5, 0.6) is 0 Å². The van der Waals surface area contributed by atoms with Crippen molar-refractivity contribution >= 4 is 22.6 Å². The second-order valence-corrected chi connectivity index (χ2v) is 7.52. The Morgan fingerprint density at radius 3 is 2.77 bits per heavy atom. The van der Waals surface area contributed by atoms with Crippen molar-refractivity contribution in [3.63, 3.8) is 0 Å². The lowest BCUT2D eigenvalue weighted by atomic mass is 10.0. The van der Waals surface area contributed by atoms with Gasteiger partial charge in [-0.25, -0.2) is 4.98 Å². The first-order chi connectivity index (χ1) is 14.5. The first-order valence-corrected chi connectivity index (χ1v) is 9.82. The molecule has 1 amide bonds. The van der Waals surface area contributed by atoms with E-state index in [-0.39, 0.29) is 5.91 Å². The number of anilines is 1. The Balaban J connectivity index is 1.71. The zero-order chi connectivity index (χ0) is 21.1. The lowest BCUT2D eigenvalue weighted by Gasteiger charge is -2.11. The summed E-state index contributed by atoms with van der Waals surface area (Å²) < 4.78 is 0. The molecule has 4 heterocycles. The number of rotatable bonds is 6. The van der Waals surface area contributed by atoms with Gasteiger partial charge in [-0.1, -0.05) is 6.07 Å². The third kappa shape index (κ3) is 4.36. The molecule has 0 aromatic carbocycles. The number of nitrogens with zero attached hydrogens (tertiary/aromatic N) is 4. The molecule has 0 aliphatic rings. The average Bonchev–Trinajstić information content (AvgIpc) is 3.20. The van der Waals surface area contributed by atoms with Crippen LogP contribution in [-0.4, -0.2) is 51.4 Å². The van der Waals surface area contributed by atoms with Crippen molar-refractivity contribution in [2.24, 2.45) is 0 Å². The quantitative estimate of drug-likeness (QED) is 0.513. The molecule has 4 rings (SSSR count). The van der Waals surface area contributed by atoms with Gasteiger partial charge < -0.3 is 15.2 Å². The maximum Gasteiger partial charge on any atom is 0.225 e. The number of carbonyl (C=O) groups excluding carboxylic acids is 1. The highest BCUT2D eigenvalue weighted by atomic mass is 16.1. The molecule has 0 spiro atoms. The Hall–Kier alpha value is -3.58. The van der Waals surface area contributed by atoms with Crippen molar-refractivity contribution in [3.05, 3.63) is 60.7 Å². The average molecular weight is 400 g/mol. The number of aromatic amines is 1. The zero-order valence-electron chi connectivity index (χ0n) is 17.3. The molecule has 0 radical (unpaired) electrons. The predicted octanol–water partition coefficient (Wildman–Crippen LogP) is 3.89. The van der Waals surface area contributed by atoms with Gasteiger partial charge in [0.25, 0.3) is 0 Å². The molecule has 7 nitrogen and oxygen atoms in total. The van der Waals surface area contributed by atoms with E-state index in [1.807, 2.05) is 68.5 Å². The number of amides is 1. The van der Waals surface area contributed by atoms with Crippen LogP contribution in [0.25, 0.3) is 33.5 Å². The van der Waals surface area contributed by atoms with Crippen molar-refractivity contribution < 1.29 is 4.79 Å². The van der Waals surface area contributed by atoms with Gasteiger partial charge in [0.05, 0.1) is 23.3 Å². The second kappa shape index (κ2) is 8.42. The first kappa shape index (κ1) is 19.7. The van der Waals surface area contributed by atoms with Gasteiger partial charge in [0.15, 0.2) is 0 Å². The van der Waals surface area contributed by atoms with E-state index < -0.39 is 0 Å². The van der Waals surface area contributed by atoms with Gasteiger partial charge in [-0.2, -0.15) is 0 Å². The summed E-state index contributed by atoms with van der Waals surface area (Å²) in [6.45, 7) is 2.66. The Bertz CT molecular complexity index is 1200. The van der Waals surface area contributed by atoms with Crippen LogP contribution in [0.15, 0.2) is 55.0 Å². The highest BCUT2D eigenvalue weighted by molar-refractivity contribution is 5.96. The molecule has 30 heavy (non-hydrogen) atoms. The summed E-state index contributed by atoms with van der Waals surface area (Å²) in [4.78, 5) is 31.1. The summed E-state index contributed by atoms with van der Waals surface area (Å²) in [5, 5.41) is 3.93. The van der Waals surface area contributed by atoms with Crippen LogP contribution in [-0.2, 0) is 4.79 Å². The number of nitrogens with one attached hydrogen (secondary N) is 2. The Morgan fingerprint density at radius 1 is 1.10 bits per heavy atom. The van der Waals surface area contributed by atoms with E-state index in [1.165, 1.54) is 0 Å². The van der Waals surface area contributed by atoms with Gasteiger partial charge in [0.1, 0.15) is 5.65 Å². The Kier molecular flexibility index (Phi) is 5.54. The van der Waals surface area contributed by atoms with Gasteiger partial charge in [-0.3, -0.25) is 14.8 Å². The lowest BCUT2D eigenvalue weighted by Crippen LogP contribution is -2.20. The maximum absolute atomic E-state index is 12.2. The van der Waals surface area contributed by atoms with Crippen LogP contribution in [0.2, 0.25) is 0 Å². The largest absolute Gasteiger partial charge is 0.346 e. The van der Waals surface area contributed by atoms with Crippen molar-refractivity contribution in [2.45, 2.75) is 13.3 Å². The van der Waals surface area contributed by atoms with Gasteiger partial charge in [-0.05, 0) is 56.9 Å². The van der Waals surface area contributed by atoms with Crippen LogP contribution in [0.4, 0.5) is 5.69 Å². The number of hydrogen-bond donors (Lipinski definition) is 2. The molecule has 0 unspecified atom stereocenters. The molecule has 152 valence electrons. The SMILES string of the molecule is Cc1cccc(-c2cc(-c3cncc(NC(=O)CCN(C)C)c3)c3cc[nH]c3n2)n1. The number of aryl methyl sites for hydroxylation is 1. The molecule has 7 heteroatoms. The van der Waals surface area contributed by atoms with E-state index in [1.54, 1.807) is 12.4 Å². The molecular formula is C23H24N6O. The van der Waals surface area contributed by atoms with E-state index in [2.05, 4.69) is 20.3 Å². The third-order valence-electron chi connectivity index (χ3n) is 4.80. The highest BCUT2D eigenvalue weighted by Crippen LogP contribution is 2.32. The Labute approximate surface area is 175 Å². The van der Waals surface area contributed by atoms with Crippen LogP contribution in [0.1, 0.15) is 12.1 Å². The summed E-state index contributed by atoms with van der Waals surface area (Å²) in [6.07, 6.45) is 5.76. The molecule has 0 saturated heterocycles. The number of carbonyl (C=O) groups is 1. The van der Waals surface area contributed by atoms with E-state index in [4.69, 9.17) is 4.98 Å². The zero-order valence-corrected chi connectivity index (χ0v) is 17.3. The monoisotopic (exact) mass is 400 g/mol. The fourth-order valence-electron chi connectivity index (χ4n) is 3.30. The standard InChI is InChI=1S/C23H24N6O/c1-15-5-4-6-20(26-15)21-12-19(18-7-9-25-23(18)28-21)16-11-17(14-24-13-16)27-22(30)8-10-29(2)3/h4-7,9,11-14H,8,10H2,1-3H3,(H,25,28)(H,27,30). The van der Waals surface area contributed by atoms with Gasteiger partial charge in [0, 0.05) is 42.0 Å². The third-order valence-corrected chi connectivity index (χ3v) is 4.80. The topological polar surface area (TPSA) is 86.8 Å². The fourth-order valence-corrected chi connectivity index (χ4v) is 3.30. The second-order valence-electron chi connectivity index (χ2n) is 7.52. The number of aromatic nitrogens is 4. The number of fused-ring (bicyclic) bond motifs is 1. The summed E-state index contributed by atoms with van der Waals surface area (Å²) >= 11 is 0. The molecule has 0 atom stereocenters. The van der Waals surface area contributed by atoms with Crippen molar-refractivity contribution in [2.75, 3.05) is 26.0 Å². The number of H-pyrrole nitrogens is 1. The minimum Gasteiger partial charge on any atom is -0.346 e. The van der Waals surface area contributed by atoms with E-state index in [0.29, 0.717) is 18.7 Å². The van der Waals surface area contributed by atoms with Crippen LogP contribution < -0.4 is 5.32 Å². The van der Waals surface area contributed by atoms with Crippen LogP contribution in [0, 0.1) is 6.92 Å². The van der Waals surface area contributed by atoms with E-state index >= 15 is 0 Å². The molecule has 2 N–H and O–H groups in total. The van der Waals surface area contributed by atoms with Crippen LogP contribution in [0.3, 0.4) is 0 Å². The van der Waals surface area contributed by atoms with Crippen molar-refractivity contribution in [3.8, 4) is 22.5 Å². The smallest absolute Gasteiger partial charge is 0.225 e. The molecule has 0 fully saturated rings. The number of pyridine rings is 3. The van der Waals surface area contributed by atoms with Crippen molar-refractivity contribution in [1.82, 2.24) is 24.8 Å². The number of hydrogen-bond acceptors (Lipinski definition) is 5. The van der Waals surface area contributed by atoms with Crippen LogP contribution >= 0.6 is 0 Å². The maximum atomic E-state index is 12.2. The minimum absolute atomic E-state index is 0.0335. The predicted molar refractivity (Wildman–Crippen MR) is 119 cm³/mol. The van der Waals surface area contributed by atoms with Gasteiger partial charge in [-0.15, -0.1) is 0 Å². The normalized spacial score (nSPS) is 11.2. The summed E-state index contributed by atoms with van der Waals surface area (Å²) in [6, 6.07) is 11.8. The minimum atomic E-state index is -0.0335. The molecule has 0 aliphatic carbocycles. The fraction of sp³-hybridized carbons (Fsp3) is 0.217. The summed E-state index contributed by atoms with van der Waals surface area (Å²) in [5.74, 6) is -0.0335. The summed E-state index contributed by atoms with van der Waals surface area (Å²) in [7, 11) is 3.89. The van der Waals surface area contributed by atoms with Gasteiger partial charge in [0.2, 0.25) is 5.91 Å². The summed E-state index contributed by atoms with van der Waals surface area (Å²) in [5.41, 5.74) is 5.88. The van der Waals surface area contributed by atoms with E-state index in [0.717, 1.165) is 39.2 Å². The molecule has 4 aromatic heterocycles. The van der Waals surface area contributed by atoms with Crippen molar-refractivity contribution in [1.29, 1.82) is 0 Å². The molecule has 0 saturated carbocycles. The molecule has 0 aliphatic heterocycles. The molecule has 0 bridgehead atoms. The molecular weight excluding hydrogens is 376 g/mol. The molecule has 4 aromatic rings. The Morgan fingerprint density at radius 2 is 1.97 bits per heavy atom. The highest BCUT2D eigenvalue weighted by Gasteiger charge is 2.13. The first-order valence-electron chi connectivity index (χ1n) is 9.82. The van der Waals surface area contributed by atoms with E-state index in [9.17, 15) is 4.79 Å². The van der Waals surface area contributed by atoms with Gasteiger partial charge >= 0.3 is 0 Å². The lowest BCUT2D eigenvalue weighted by molar-refractivity contribution is -0.116.